The first-order chi connectivity index (χ1) is 30.0. The molecule has 0 aromatic heterocycles. The predicted octanol–water partition coefficient (Wildman–Crippen LogP) is 13.8. The molecule has 0 aliphatic carbocycles. The Balaban J connectivity index is -0.000000155. The molecule has 0 bridgehead atoms. The van der Waals surface area contributed by atoms with Crippen LogP contribution in [0.3, 0.4) is 0 Å². The SMILES string of the molecule is CCCCCCCCC(=O)O.CCCCCCCCC(=O)O.CCCCCCCCC(=O)O.CCCCCCCCC(=O)O.CCCCCCCCC(=O)O.O=C(O)C=CC(=O)O. The molecule has 0 amide bonds. The summed E-state index contributed by atoms with van der Waals surface area (Å²) in [7, 11) is 0. The van der Waals surface area contributed by atoms with Crippen LogP contribution in [0.25, 0.3) is 0 Å². The van der Waals surface area contributed by atoms with Crippen molar-refractivity contribution in [1.82, 2.24) is 0 Å². The van der Waals surface area contributed by atoms with E-state index in [0.29, 0.717) is 44.3 Å². The third-order valence-corrected chi connectivity index (χ3v) is 9.09. The summed E-state index contributed by atoms with van der Waals surface area (Å²) in [5, 5.41) is 57.2. The van der Waals surface area contributed by atoms with Crippen LogP contribution in [0.5, 0.6) is 0 Å². The summed E-state index contributed by atoms with van der Waals surface area (Å²) in [4.78, 5) is 69.5. The fourth-order valence-electron chi connectivity index (χ4n) is 5.43. The first-order valence-corrected chi connectivity index (χ1v) is 24.2. The molecule has 14 nitrogen and oxygen atoms in total. The molecule has 0 fully saturated rings. The molecule has 0 spiro atoms. The Labute approximate surface area is 381 Å². The summed E-state index contributed by atoms with van der Waals surface area (Å²) in [5.74, 6) is -5.85. The molecule has 0 saturated heterocycles. The van der Waals surface area contributed by atoms with Gasteiger partial charge in [-0.1, -0.05) is 195 Å². The number of rotatable bonds is 37. The monoisotopic (exact) mass is 907 g/mol. The van der Waals surface area contributed by atoms with Crippen LogP contribution in [-0.2, 0) is 33.6 Å². The maximum Gasteiger partial charge on any atom is 0.328 e. The number of unbranched alkanes of at least 4 members (excludes halogenated alkanes) is 25. The number of carbonyl (C=O) groups is 7. The van der Waals surface area contributed by atoms with E-state index in [9.17, 15) is 33.6 Å². The van der Waals surface area contributed by atoms with Gasteiger partial charge in [0.15, 0.2) is 0 Å². The third kappa shape index (κ3) is 108. The summed E-state index contributed by atoms with van der Waals surface area (Å²) in [6.45, 7) is 10.9. The Kier molecular flexibility index (Phi) is 72.5. The predicted molar refractivity (Wildman–Crippen MR) is 253 cm³/mol. The standard InChI is InChI=1S/5C9H18O2.C4H4O4/c5*1-2-3-4-5-6-7-8-9(10)11;5-3(6)1-2-4(7)8/h5*2-8H2,1H3,(H,10,11);1-2H,(H,5,6)(H,7,8). The molecule has 0 aromatic rings. The van der Waals surface area contributed by atoms with Crippen LogP contribution in [0.2, 0.25) is 0 Å². The summed E-state index contributed by atoms with van der Waals surface area (Å²) in [5.41, 5.74) is 0. The number of hydrogen-bond acceptors (Lipinski definition) is 7. The second kappa shape index (κ2) is 64.7. The topological polar surface area (TPSA) is 261 Å². The van der Waals surface area contributed by atoms with Crippen molar-refractivity contribution in [2.75, 3.05) is 0 Å². The first kappa shape index (κ1) is 70.7. The highest BCUT2D eigenvalue weighted by Crippen LogP contribution is 2.09. The Morgan fingerprint density at radius 3 is 0.476 bits per heavy atom. The Morgan fingerprint density at radius 2 is 0.365 bits per heavy atom. The van der Waals surface area contributed by atoms with E-state index in [0.717, 1.165) is 64.2 Å². The van der Waals surface area contributed by atoms with Crippen molar-refractivity contribution in [3.63, 3.8) is 0 Å². The largest absolute Gasteiger partial charge is 0.481 e. The van der Waals surface area contributed by atoms with Crippen LogP contribution >= 0.6 is 0 Å². The fraction of sp³-hybridized carbons (Fsp3) is 0.816. The van der Waals surface area contributed by atoms with Crippen molar-refractivity contribution in [1.29, 1.82) is 0 Å². The second-order valence-corrected chi connectivity index (χ2v) is 15.6. The van der Waals surface area contributed by atoms with Crippen LogP contribution in [0.4, 0.5) is 0 Å². The molecule has 63 heavy (non-hydrogen) atoms. The van der Waals surface area contributed by atoms with E-state index >= 15 is 0 Å². The van der Waals surface area contributed by atoms with Gasteiger partial charge in [0.2, 0.25) is 0 Å². The van der Waals surface area contributed by atoms with Gasteiger partial charge >= 0.3 is 41.8 Å². The second-order valence-electron chi connectivity index (χ2n) is 15.6. The zero-order valence-electron chi connectivity index (χ0n) is 40.4. The zero-order valence-corrected chi connectivity index (χ0v) is 40.4. The molecule has 0 aliphatic heterocycles. The smallest absolute Gasteiger partial charge is 0.328 e. The van der Waals surface area contributed by atoms with Gasteiger partial charge in [0, 0.05) is 44.3 Å². The molecule has 0 heterocycles. The van der Waals surface area contributed by atoms with Gasteiger partial charge in [-0.05, 0) is 32.1 Å². The highest BCUT2D eigenvalue weighted by Gasteiger charge is 1.99. The molecule has 0 radical (unpaired) electrons. The van der Waals surface area contributed by atoms with Gasteiger partial charge in [-0.25, -0.2) is 9.59 Å². The normalized spacial score (nSPS) is 9.86. The molecule has 0 aliphatic rings. The third-order valence-electron chi connectivity index (χ3n) is 9.09. The molecule has 0 saturated carbocycles. The van der Waals surface area contributed by atoms with E-state index in [1.165, 1.54) is 128 Å². The van der Waals surface area contributed by atoms with Gasteiger partial charge in [0.05, 0.1) is 0 Å². The lowest BCUT2D eigenvalue weighted by molar-refractivity contribution is -0.138. The van der Waals surface area contributed by atoms with Gasteiger partial charge in [0.25, 0.3) is 0 Å². The van der Waals surface area contributed by atoms with E-state index in [2.05, 4.69) is 34.6 Å². The van der Waals surface area contributed by atoms with E-state index in [1.807, 2.05) is 0 Å². The van der Waals surface area contributed by atoms with Crippen molar-refractivity contribution in [2.45, 2.75) is 259 Å². The summed E-state index contributed by atoms with van der Waals surface area (Å²) >= 11 is 0. The molecule has 7 N–H and O–H groups in total. The molecule has 0 atom stereocenters. The van der Waals surface area contributed by atoms with Gasteiger partial charge < -0.3 is 35.7 Å². The Hall–Kier alpha value is -3.97. The minimum atomic E-state index is -1.26. The van der Waals surface area contributed by atoms with E-state index in [-0.39, 0.29) is 0 Å². The van der Waals surface area contributed by atoms with Crippen molar-refractivity contribution in [3.8, 4) is 0 Å². The van der Waals surface area contributed by atoms with Crippen molar-refractivity contribution in [2.24, 2.45) is 0 Å². The average molecular weight is 907 g/mol. The summed E-state index contributed by atoms with van der Waals surface area (Å²) in [6.07, 6.45) is 37.4. The van der Waals surface area contributed by atoms with E-state index in [1.54, 1.807) is 0 Å². The summed E-state index contributed by atoms with van der Waals surface area (Å²) < 4.78 is 0. The maximum absolute atomic E-state index is 10.1. The summed E-state index contributed by atoms with van der Waals surface area (Å²) in [6, 6.07) is 0. The van der Waals surface area contributed by atoms with Crippen LogP contribution in [0.15, 0.2) is 12.2 Å². The van der Waals surface area contributed by atoms with Gasteiger partial charge in [-0.3, -0.25) is 24.0 Å². The maximum atomic E-state index is 10.1. The van der Waals surface area contributed by atoms with E-state index in [4.69, 9.17) is 35.7 Å². The molecular weight excluding hydrogens is 813 g/mol. The lowest BCUT2D eigenvalue weighted by Crippen LogP contribution is -1.93. The molecule has 0 rings (SSSR count). The molecule has 0 unspecified atom stereocenters. The minimum Gasteiger partial charge on any atom is -0.481 e. The minimum absolute atomic E-state index is 0.339. The average Bonchev–Trinajstić information content (AvgIpc) is 3.21. The zero-order chi connectivity index (χ0) is 49.2. The van der Waals surface area contributed by atoms with Gasteiger partial charge in [-0.2, -0.15) is 0 Å². The number of carboxylic acid groups (broad SMARTS) is 7. The first-order valence-electron chi connectivity index (χ1n) is 24.2. The van der Waals surface area contributed by atoms with Crippen molar-refractivity contribution < 1.29 is 69.3 Å². The number of carboxylic acids is 7. The lowest BCUT2D eigenvalue weighted by atomic mass is 10.1. The van der Waals surface area contributed by atoms with Crippen LogP contribution < -0.4 is 0 Å². The van der Waals surface area contributed by atoms with Gasteiger partial charge in [-0.15, -0.1) is 0 Å². The van der Waals surface area contributed by atoms with Crippen LogP contribution in [0, 0.1) is 0 Å². The number of hydrogen-bond donors (Lipinski definition) is 7. The molecule has 374 valence electrons. The Morgan fingerprint density at radius 1 is 0.238 bits per heavy atom. The van der Waals surface area contributed by atoms with Crippen LogP contribution in [-0.4, -0.2) is 77.5 Å². The van der Waals surface area contributed by atoms with Crippen molar-refractivity contribution in [3.05, 3.63) is 12.2 Å². The van der Waals surface area contributed by atoms with E-state index < -0.39 is 41.8 Å². The molecule has 0 aromatic carbocycles. The fourth-order valence-corrected chi connectivity index (χ4v) is 5.43. The lowest BCUT2D eigenvalue weighted by Gasteiger charge is -1.97. The number of aliphatic carboxylic acids is 7. The highest BCUT2D eigenvalue weighted by atomic mass is 16.4. The van der Waals surface area contributed by atoms with Crippen molar-refractivity contribution >= 4 is 41.8 Å². The molecule has 14 heteroatoms. The highest BCUT2D eigenvalue weighted by molar-refractivity contribution is 5.89. The van der Waals surface area contributed by atoms with Crippen LogP contribution in [0.1, 0.15) is 259 Å². The Bertz CT molecular complexity index is 892. The molecular formula is C49H94O14. The van der Waals surface area contributed by atoms with Gasteiger partial charge in [0.1, 0.15) is 0 Å². The quantitative estimate of drug-likeness (QED) is 0.0226.